The van der Waals surface area contributed by atoms with Gasteiger partial charge in [-0.3, -0.25) is 9.59 Å². The Balaban J connectivity index is 1.29. The minimum absolute atomic E-state index is 0.0715. The minimum atomic E-state index is 0.0715. The molecule has 0 N–H and O–H groups in total. The maximum absolute atomic E-state index is 13.5. The van der Waals surface area contributed by atoms with Crippen molar-refractivity contribution in [3.63, 3.8) is 0 Å². The summed E-state index contributed by atoms with van der Waals surface area (Å²) < 4.78 is 5.94. The highest BCUT2D eigenvalue weighted by Gasteiger charge is 2.37. The largest absolute Gasteiger partial charge is 0.374 e. The highest BCUT2D eigenvalue weighted by molar-refractivity contribution is 8.00. The lowest BCUT2D eigenvalue weighted by Gasteiger charge is -2.44. The molecule has 162 valence electrons. The Morgan fingerprint density at radius 2 is 1.81 bits per heavy atom. The molecule has 3 aliphatic rings. The number of fused-ring (bicyclic) bond motifs is 2. The molecule has 2 amide bonds. The van der Waals surface area contributed by atoms with Gasteiger partial charge in [-0.15, -0.1) is 11.8 Å². The SMILES string of the molecule is O=C(CSc1ccccc1C(=O)N1CCOC2CCCCC21)N1CCc2ccccc21. The Bertz CT molecular complexity index is 977. The monoisotopic (exact) mass is 436 g/mol. The van der Waals surface area contributed by atoms with E-state index < -0.39 is 0 Å². The zero-order valence-corrected chi connectivity index (χ0v) is 18.5. The van der Waals surface area contributed by atoms with Gasteiger partial charge in [0.15, 0.2) is 0 Å². The smallest absolute Gasteiger partial charge is 0.255 e. The van der Waals surface area contributed by atoms with E-state index in [0.29, 0.717) is 24.5 Å². The molecule has 2 unspecified atom stereocenters. The molecule has 2 aliphatic heterocycles. The van der Waals surface area contributed by atoms with Gasteiger partial charge < -0.3 is 14.5 Å². The quantitative estimate of drug-likeness (QED) is 0.676. The van der Waals surface area contributed by atoms with Crippen molar-refractivity contribution in [2.24, 2.45) is 0 Å². The highest BCUT2D eigenvalue weighted by Crippen LogP contribution is 2.33. The highest BCUT2D eigenvalue weighted by atomic mass is 32.2. The zero-order chi connectivity index (χ0) is 21.2. The first-order valence-corrected chi connectivity index (χ1v) is 12.2. The van der Waals surface area contributed by atoms with Crippen LogP contribution in [0.3, 0.4) is 0 Å². The average molecular weight is 437 g/mol. The van der Waals surface area contributed by atoms with Crippen LogP contribution in [0.2, 0.25) is 0 Å². The van der Waals surface area contributed by atoms with Crippen LogP contribution in [0.4, 0.5) is 5.69 Å². The number of amides is 2. The zero-order valence-electron chi connectivity index (χ0n) is 17.7. The van der Waals surface area contributed by atoms with Crippen LogP contribution in [0, 0.1) is 0 Å². The average Bonchev–Trinajstić information content (AvgIpc) is 3.26. The summed E-state index contributed by atoms with van der Waals surface area (Å²) in [6, 6.07) is 16.0. The fourth-order valence-corrected chi connectivity index (χ4v) is 6.01. The Hall–Kier alpha value is -2.31. The molecule has 0 spiro atoms. The number of carbonyl (C=O) groups is 2. The van der Waals surface area contributed by atoms with Crippen LogP contribution in [-0.2, 0) is 16.0 Å². The van der Waals surface area contributed by atoms with Crippen molar-refractivity contribution in [3.8, 4) is 0 Å². The van der Waals surface area contributed by atoms with Crippen LogP contribution in [0.5, 0.6) is 0 Å². The molecule has 2 aromatic rings. The molecule has 2 heterocycles. The molecule has 1 saturated heterocycles. The topological polar surface area (TPSA) is 49.9 Å². The Labute approximate surface area is 187 Å². The molecular weight excluding hydrogens is 408 g/mol. The normalized spacial score (nSPS) is 22.7. The van der Waals surface area contributed by atoms with Crippen molar-refractivity contribution in [1.29, 1.82) is 0 Å². The van der Waals surface area contributed by atoms with Gasteiger partial charge in [0.2, 0.25) is 5.91 Å². The standard InChI is InChI=1S/C25H28N2O3S/c28-24(26-14-13-18-7-1-3-9-20(18)26)17-31-23-12-6-2-8-19(23)25(29)27-15-16-30-22-11-5-4-10-21(22)27/h1-3,6-9,12,21-22H,4-5,10-11,13-17H2. The first-order valence-electron chi connectivity index (χ1n) is 11.2. The molecule has 0 radical (unpaired) electrons. The number of carbonyl (C=O) groups excluding carboxylic acids is 2. The molecular formula is C25H28N2O3S. The van der Waals surface area contributed by atoms with E-state index in [-0.39, 0.29) is 24.0 Å². The van der Waals surface area contributed by atoms with Crippen LogP contribution in [0.15, 0.2) is 53.4 Å². The second-order valence-corrected chi connectivity index (χ2v) is 9.49. The van der Waals surface area contributed by atoms with Gasteiger partial charge in [0.1, 0.15) is 0 Å². The van der Waals surface area contributed by atoms with Gasteiger partial charge in [-0.05, 0) is 43.0 Å². The molecule has 31 heavy (non-hydrogen) atoms. The van der Waals surface area contributed by atoms with Gasteiger partial charge in [-0.25, -0.2) is 0 Å². The summed E-state index contributed by atoms with van der Waals surface area (Å²) in [5.74, 6) is 0.492. The summed E-state index contributed by atoms with van der Waals surface area (Å²) in [4.78, 5) is 31.2. The van der Waals surface area contributed by atoms with Crippen LogP contribution < -0.4 is 4.90 Å². The predicted molar refractivity (Wildman–Crippen MR) is 123 cm³/mol. The van der Waals surface area contributed by atoms with Crippen LogP contribution in [-0.4, -0.2) is 54.3 Å². The summed E-state index contributed by atoms with van der Waals surface area (Å²) in [7, 11) is 0. The number of ether oxygens (including phenoxy) is 1. The van der Waals surface area contributed by atoms with Gasteiger partial charge in [0.25, 0.3) is 5.91 Å². The Morgan fingerprint density at radius 1 is 1.00 bits per heavy atom. The fraction of sp³-hybridized carbons (Fsp3) is 0.440. The Morgan fingerprint density at radius 3 is 2.74 bits per heavy atom. The summed E-state index contributed by atoms with van der Waals surface area (Å²) in [5, 5.41) is 0. The van der Waals surface area contributed by atoms with Gasteiger partial charge in [0, 0.05) is 23.7 Å². The van der Waals surface area contributed by atoms with Crippen LogP contribution in [0.1, 0.15) is 41.6 Å². The maximum Gasteiger partial charge on any atom is 0.255 e. The number of thioether (sulfide) groups is 1. The molecule has 2 aromatic carbocycles. The van der Waals surface area contributed by atoms with Crippen molar-refractivity contribution < 1.29 is 14.3 Å². The lowest BCUT2D eigenvalue weighted by atomic mass is 9.89. The predicted octanol–water partition coefficient (Wildman–Crippen LogP) is 4.15. The lowest BCUT2D eigenvalue weighted by molar-refractivity contribution is -0.116. The van der Waals surface area contributed by atoms with Crippen LogP contribution >= 0.6 is 11.8 Å². The first kappa shape index (κ1) is 20.6. The third-order valence-corrected chi connectivity index (χ3v) is 7.71. The van der Waals surface area contributed by atoms with Crippen molar-refractivity contribution in [1.82, 2.24) is 4.90 Å². The van der Waals surface area contributed by atoms with E-state index in [1.165, 1.54) is 23.7 Å². The minimum Gasteiger partial charge on any atom is -0.374 e. The number of anilines is 1. The molecule has 0 aromatic heterocycles. The second-order valence-electron chi connectivity index (χ2n) is 8.47. The molecule has 5 rings (SSSR count). The van der Waals surface area contributed by atoms with Gasteiger partial charge in [0.05, 0.1) is 30.1 Å². The molecule has 2 fully saturated rings. The van der Waals surface area contributed by atoms with E-state index in [4.69, 9.17) is 4.74 Å². The van der Waals surface area contributed by atoms with Crippen molar-refractivity contribution in [2.45, 2.75) is 49.1 Å². The second kappa shape index (κ2) is 9.05. The van der Waals surface area contributed by atoms with Gasteiger partial charge >= 0.3 is 0 Å². The summed E-state index contributed by atoms with van der Waals surface area (Å²) in [5.41, 5.74) is 2.95. The van der Waals surface area contributed by atoms with E-state index in [9.17, 15) is 9.59 Å². The van der Waals surface area contributed by atoms with Crippen LogP contribution in [0.25, 0.3) is 0 Å². The molecule has 6 heteroatoms. The lowest BCUT2D eigenvalue weighted by Crippen LogP contribution is -2.54. The summed E-state index contributed by atoms with van der Waals surface area (Å²) in [6.07, 6.45) is 5.45. The Kier molecular flexibility index (Phi) is 6.01. The molecule has 5 nitrogen and oxygen atoms in total. The number of benzene rings is 2. The van der Waals surface area contributed by atoms with Crippen molar-refractivity contribution in [2.75, 3.05) is 30.3 Å². The van der Waals surface area contributed by atoms with Crippen molar-refractivity contribution in [3.05, 3.63) is 59.7 Å². The van der Waals surface area contributed by atoms with E-state index in [0.717, 1.165) is 42.8 Å². The van der Waals surface area contributed by atoms with E-state index in [2.05, 4.69) is 6.07 Å². The van der Waals surface area contributed by atoms with Crippen molar-refractivity contribution >= 4 is 29.3 Å². The fourth-order valence-electron chi connectivity index (χ4n) is 5.09. The van der Waals surface area contributed by atoms with E-state index in [1.807, 2.05) is 52.3 Å². The number of para-hydroxylation sites is 1. The molecule has 2 atom stereocenters. The number of hydrogen-bond acceptors (Lipinski definition) is 4. The number of hydrogen-bond donors (Lipinski definition) is 0. The molecule has 1 aliphatic carbocycles. The summed E-state index contributed by atoms with van der Waals surface area (Å²) in [6.45, 7) is 1.98. The number of nitrogens with zero attached hydrogens (tertiary/aromatic N) is 2. The molecule has 1 saturated carbocycles. The van der Waals surface area contributed by atoms with Gasteiger partial charge in [-0.2, -0.15) is 0 Å². The number of morpholine rings is 1. The third-order valence-electron chi connectivity index (χ3n) is 6.65. The number of rotatable bonds is 4. The first-order chi connectivity index (χ1) is 15.2. The van der Waals surface area contributed by atoms with Gasteiger partial charge in [-0.1, -0.05) is 43.2 Å². The summed E-state index contributed by atoms with van der Waals surface area (Å²) >= 11 is 1.47. The maximum atomic E-state index is 13.5. The third kappa shape index (κ3) is 4.11. The van der Waals surface area contributed by atoms with E-state index >= 15 is 0 Å². The molecule has 0 bridgehead atoms. The van der Waals surface area contributed by atoms with E-state index in [1.54, 1.807) is 0 Å².